The van der Waals surface area contributed by atoms with E-state index in [0.717, 1.165) is 21.7 Å². The first kappa shape index (κ1) is 33.2. The van der Waals surface area contributed by atoms with Gasteiger partial charge in [0.05, 0.1) is 19.1 Å². The van der Waals surface area contributed by atoms with Crippen LogP contribution in [0, 0.1) is 6.92 Å². The van der Waals surface area contributed by atoms with Gasteiger partial charge in [-0.1, -0.05) is 72.6 Å². The molecular formula is C31H37Cl2N3O5S. The Morgan fingerprint density at radius 2 is 1.64 bits per heavy atom. The van der Waals surface area contributed by atoms with E-state index in [-0.39, 0.29) is 36.4 Å². The molecule has 0 aliphatic carbocycles. The molecule has 2 atom stereocenters. The molecule has 0 aliphatic heterocycles. The topological polar surface area (TPSA) is 96.0 Å². The van der Waals surface area contributed by atoms with Gasteiger partial charge in [0, 0.05) is 34.6 Å². The molecule has 0 saturated carbocycles. The summed E-state index contributed by atoms with van der Waals surface area (Å²) in [5.41, 5.74) is 2.27. The average molecular weight is 635 g/mol. The van der Waals surface area contributed by atoms with E-state index in [1.807, 2.05) is 51.1 Å². The number of sulfonamides is 1. The van der Waals surface area contributed by atoms with E-state index in [4.69, 9.17) is 27.9 Å². The zero-order valence-electron chi connectivity index (χ0n) is 24.4. The van der Waals surface area contributed by atoms with Crippen molar-refractivity contribution >= 4 is 50.7 Å². The van der Waals surface area contributed by atoms with Gasteiger partial charge in [0.2, 0.25) is 21.8 Å². The Labute approximate surface area is 258 Å². The van der Waals surface area contributed by atoms with Gasteiger partial charge in [-0.05, 0) is 55.7 Å². The highest BCUT2D eigenvalue weighted by molar-refractivity contribution is 7.92. The van der Waals surface area contributed by atoms with Crippen molar-refractivity contribution in [2.45, 2.75) is 52.2 Å². The van der Waals surface area contributed by atoms with Crippen molar-refractivity contribution in [2.24, 2.45) is 0 Å². The van der Waals surface area contributed by atoms with Gasteiger partial charge in [-0.25, -0.2) is 8.42 Å². The van der Waals surface area contributed by atoms with Gasteiger partial charge in [-0.3, -0.25) is 13.9 Å². The molecule has 3 aromatic carbocycles. The van der Waals surface area contributed by atoms with Crippen LogP contribution >= 0.6 is 23.2 Å². The minimum absolute atomic E-state index is 0.120. The van der Waals surface area contributed by atoms with Gasteiger partial charge < -0.3 is 15.0 Å². The number of benzene rings is 3. The molecule has 2 unspecified atom stereocenters. The number of methoxy groups -OCH3 is 1. The number of ether oxygens (including phenoxy) is 1. The molecule has 3 rings (SSSR count). The summed E-state index contributed by atoms with van der Waals surface area (Å²) in [6, 6.07) is 18.2. The molecule has 8 nitrogen and oxygen atoms in total. The molecule has 0 radical (unpaired) electrons. The predicted molar refractivity (Wildman–Crippen MR) is 169 cm³/mol. The first-order valence-electron chi connectivity index (χ1n) is 13.5. The van der Waals surface area contributed by atoms with Crippen molar-refractivity contribution in [2.75, 3.05) is 24.2 Å². The maximum atomic E-state index is 14.3. The van der Waals surface area contributed by atoms with Crippen LogP contribution < -0.4 is 14.4 Å². The third-order valence-corrected chi connectivity index (χ3v) is 8.78. The SMILES string of the molecule is CCC(C)NC(=O)C(Cc1ccccc1)N(Cc1c(Cl)cccc1Cl)C(=O)CN(c1cc(C)ccc1OC)S(C)(=O)=O. The molecule has 1 N–H and O–H groups in total. The van der Waals surface area contributed by atoms with Crippen LogP contribution in [0.2, 0.25) is 10.0 Å². The zero-order chi connectivity index (χ0) is 31.0. The van der Waals surface area contributed by atoms with Gasteiger partial charge in [0.1, 0.15) is 18.3 Å². The molecular weight excluding hydrogens is 597 g/mol. The van der Waals surface area contributed by atoms with E-state index in [0.29, 0.717) is 22.0 Å². The van der Waals surface area contributed by atoms with E-state index in [9.17, 15) is 18.0 Å². The molecule has 3 aromatic rings. The highest BCUT2D eigenvalue weighted by atomic mass is 35.5. The Hall–Kier alpha value is -3.27. The molecule has 0 saturated heterocycles. The Morgan fingerprint density at radius 3 is 2.21 bits per heavy atom. The maximum absolute atomic E-state index is 14.3. The number of rotatable bonds is 13. The quantitative estimate of drug-likeness (QED) is 0.263. The minimum atomic E-state index is -3.96. The number of amides is 2. The van der Waals surface area contributed by atoms with E-state index in [2.05, 4.69) is 5.32 Å². The van der Waals surface area contributed by atoms with Gasteiger partial charge in [-0.15, -0.1) is 0 Å². The number of nitrogens with zero attached hydrogens (tertiary/aromatic N) is 2. The number of carbonyl (C=O) groups excluding carboxylic acids is 2. The normalized spacial score (nSPS) is 12.7. The summed E-state index contributed by atoms with van der Waals surface area (Å²) < 4.78 is 32.6. The zero-order valence-corrected chi connectivity index (χ0v) is 26.8. The summed E-state index contributed by atoms with van der Waals surface area (Å²) in [4.78, 5) is 29.4. The lowest BCUT2D eigenvalue weighted by Crippen LogP contribution is -2.54. The van der Waals surface area contributed by atoms with Gasteiger partial charge in [0.25, 0.3) is 0 Å². The van der Waals surface area contributed by atoms with Crippen molar-refractivity contribution in [3.05, 3.63) is 93.5 Å². The molecule has 0 fully saturated rings. The molecule has 11 heteroatoms. The van der Waals surface area contributed by atoms with Crippen LogP contribution in [0.1, 0.15) is 37.0 Å². The highest BCUT2D eigenvalue weighted by Gasteiger charge is 2.34. The van der Waals surface area contributed by atoms with Crippen molar-refractivity contribution in [1.29, 1.82) is 0 Å². The second kappa shape index (κ2) is 14.8. The van der Waals surface area contributed by atoms with Crippen molar-refractivity contribution in [3.8, 4) is 5.75 Å². The van der Waals surface area contributed by atoms with Gasteiger partial charge in [0.15, 0.2) is 0 Å². The fraction of sp³-hybridized carbons (Fsp3) is 0.355. The summed E-state index contributed by atoms with van der Waals surface area (Å²) in [6.07, 6.45) is 1.89. The second-order valence-electron chi connectivity index (χ2n) is 10.2. The fourth-order valence-electron chi connectivity index (χ4n) is 4.44. The number of hydrogen-bond acceptors (Lipinski definition) is 5. The number of hydrogen-bond donors (Lipinski definition) is 1. The summed E-state index contributed by atoms with van der Waals surface area (Å²) in [5.74, 6) is -0.696. The molecule has 0 aromatic heterocycles. The molecule has 2 amide bonds. The monoisotopic (exact) mass is 633 g/mol. The predicted octanol–water partition coefficient (Wildman–Crippen LogP) is 5.63. The number of halogens is 2. The Balaban J connectivity index is 2.15. The van der Waals surface area contributed by atoms with Gasteiger partial charge >= 0.3 is 0 Å². The van der Waals surface area contributed by atoms with Crippen molar-refractivity contribution < 1.29 is 22.7 Å². The van der Waals surface area contributed by atoms with Crippen LogP contribution in [-0.2, 0) is 32.6 Å². The Kier molecular flexibility index (Phi) is 11.7. The van der Waals surface area contributed by atoms with E-state index >= 15 is 0 Å². The molecule has 42 heavy (non-hydrogen) atoms. The lowest BCUT2D eigenvalue weighted by molar-refractivity contribution is -0.140. The third kappa shape index (κ3) is 8.63. The van der Waals surface area contributed by atoms with Crippen molar-refractivity contribution in [3.63, 3.8) is 0 Å². The summed E-state index contributed by atoms with van der Waals surface area (Å²) >= 11 is 13.0. The summed E-state index contributed by atoms with van der Waals surface area (Å²) in [7, 11) is -2.53. The number of aryl methyl sites for hydroxylation is 1. The fourth-order valence-corrected chi connectivity index (χ4v) is 5.80. The molecule has 226 valence electrons. The Bertz CT molecular complexity index is 1480. The summed E-state index contributed by atoms with van der Waals surface area (Å²) in [5, 5.41) is 3.63. The van der Waals surface area contributed by atoms with Crippen LogP contribution in [0.4, 0.5) is 5.69 Å². The number of carbonyl (C=O) groups is 2. The lowest BCUT2D eigenvalue weighted by atomic mass is 10.0. The largest absolute Gasteiger partial charge is 0.495 e. The third-order valence-electron chi connectivity index (χ3n) is 6.94. The van der Waals surface area contributed by atoms with E-state index < -0.39 is 28.5 Å². The van der Waals surface area contributed by atoms with Gasteiger partial charge in [-0.2, -0.15) is 0 Å². The van der Waals surface area contributed by atoms with Crippen LogP contribution in [-0.4, -0.2) is 57.1 Å². The maximum Gasteiger partial charge on any atom is 0.244 e. The molecule has 0 heterocycles. The number of anilines is 1. The van der Waals surface area contributed by atoms with Crippen LogP contribution in [0.5, 0.6) is 5.75 Å². The Morgan fingerprint density at radius 1 is 1.00 bits per heavy atom. The first-order valence-corrected chi connectivity index (χ1v) is 16.1. The molecule has 0 aliphatic rings. The minimum Gasteiger partial charge on any atom is -0.495 e. The van der Waals surface area contributed by atoms with Crippen LogP contribution in [0.25, 0.3) is 0 Å². The van der Waals surface area contributed by atoms with Crippen LogP contribution in [0.15, 0.2) is 66.7 Å². The highest BCUT2D eigenvalue weighted by Crippen LogP contribution is 2.32. The standard InChI is InChI=1S/C31H37Cl2N3O5S/c1-6-22(3)34-31(38)28(18-23-11-8-7-9-12-23)35(19-24-25(32)13-10-14-26(24)33)30(37)20-36(42(5,39)40)27-17-21(2)15-16-29(27)41-4/h7-17,22,28H,6,18-20H2,1-5H3,(H,34,38). The smallest absolute Gasteiger partial charge is 0.244 e. The average Bonchev–Trinajstić information content (AvgIpc) is 2.94. The van der Waals surface area contributed by atoms with E-state index in [1.54, 1.807) is 36.4 Å². The summed E-state index contributed by atoms with van der Waals surface area (Å²) in [6.45, 7) is 4.94. The first-order chi connectivity index (χ1) is 19.8. The lowest BCUT2D eigenvalue weighted by Gasteiger charge is -2.34. The van der Waals surface area contributed by atoms with Crippen molar-refractivity contribution in [1.82, 2.24) is 10.2 Å². The van der Waals surface area contributed by atoms with Crippen LogP contribution in [0.3, 0.4) is 0 Å². The molecule has 0 bridgehead atoms. The second-order valence-corrected chi connectivity index (χ2v) is 12.9. The van der Waals surface area contributed by atoms with E-state index in [1.165, 1.54) is 12.0 Å². The molecule has 0 spiro atoms. The number of nitrogens with one attached hydrogen (secondary N) is 1.